The molecule has 0 heterocycles. The number of hydrogen-bond donors (Lipinski definition) is 1. The van der Waals surface area contributed by atoms with Crippen LogP contribution in [0.25, 0.3) is 0 Å². The molecule has 1 aromatic carbocycles. The van der Waals surface area contributed by atoms with Crippen LogP contribution >= 0.6 is 0 Å². The number of hydrogen-bond acceptors (Lipinski definition) is 2. The summed E-state index contributed by atoms with van der Waals surface area (Å²) in [5.74, 6) is 1.39. The lowest BCUT2D eigenvalue weighted by atomic mass is 9.82. The number of benzene rings is 1. The molecule has 4 unspecified atom stereocenters. The van der Waals surface area contributed by atoms with Crippen molar-refractivity contribution in [3.05, 3.63) is 35.9 Å². The van der Waals surface area contributed by atoms with Crippen molar-refractivity contribution in [2.75, 3.05) is 13.7 Å². The van der Waals surface area contributed by atoms with Gasteiger partial charge >= 0.3 is 0 Å². The second-order valence-corrected chi connectivity index (χ2v) is 7.02. The van der Waals surface area contributed by atoms with E-state index in [0.717, 1.165) is 6.54 Å². The number of rotatable bonds is 6. The molecule has 1 fully saturated rings. The third-order valence-corrected chi connectivity index (χ3v) is 4.40. The van der Waals surface area contributed by atoms with E-state index in [0.29, 0.717) is 17.9 Å². The van der Waals surface area contributed by atoms with Crippen LogP contribution in [0, 0.1) is 11.3 Å². The molecule has 1 aliphatic rings. The van der Waals surface area contributed by atoms with E-state index in [1.54, 1.807) is 0 Å². The Morgan fingerprint density at radius 2 is 1.90 bits per heavy atom. The molecular weight excluding hydrogens is 246 g/mol. The molecule has 2 heteroatoms. The van der Waals surface area contributed by atoms with E-state index >= 15 is 0 Å². The molecule has 4 atom stereocenters. The minimum Gasteiger partial charge on any atom is -0.379 e. The highest BCUT2D eigenvalue weighted by molar-refractivity contribution is 5.27. The monoisotopic (exact) mass is 275 g/mol. The minimum absolute atomic E-state index is 0.158. The van der Waals surface area contributed by atoms with Crippen molar-refractivity contribution in [3.8, 4) is 0 Å². The van der Waals surface area contributed by atoms with E-state index in [2.05, 4.69) is 63.3 Å². The smallest absolute Gasteiger partial charge is 0.0775 e. The standard InChI is InChI=1S/C18H29NO/c1-6-19-16(17(20-5)18(2,3)4)15-12-14(15)13-10-8-7-9-11-13/h7-11,14-17,19H,6,12H2,1-5H3. The summed E-state index contributed by atoms with van der Waals surface area (Å²) in [5, 5.41) is 3.68. The van der Waals surface area contributed by atoms with E-state index in [9.17, 15) is 0 Å². The van der Waals surface area contributed by atoms with Gasteiger partial charge in [0.1, 0.15) is 0 Å². The molecule has 1 saturated carbocycles. The Kier molecular flexibility index (Phi) is 4.87. The van der Waals surface area contributed by atoms with Crippen LogP contribution in [0.5, 0.6) is 0 Å². The summed E-state index contributed by atoms with van der Waals surface area (Å²) in [4.78, 5) is 0. The average molecular weight is 275 g/mol. The first-order valence-corrected chi connectivity index (χ1v) is 7.80. The van der Waals surface area contributed by atoms with Crippen molar-refractivity contribution in [3.63, 3.8) is 0 Å². The molecule has 1 aromatic rings. The molecule has 0 aliphatic heterocycles. The van der Waals surface area contributed by atoms with Gasteiger partial charge in [0.05, 0.1) is 6.10 Å². The molecule has 2 rings (SSSR count). The summed E-state index contributed by atoms with van der Waals surface area (Å²) in [5.41, 5.74) is 1.63. The summed E-state index contributed by atoms with van der Waals surface area (Å²) >= 11 is 0. The summed E-state index contributed by atoms with van der Waals surface area (Å²) < 4.78 is 5.85. The lowest BCUT2D eigenvalue weighted by Gasteiger charge is -2.37. The first kappa shape index (κ1) is 15.5. The molecule has 0 radical (unpaired) electrons. The lowest BCUT2D eigenvalue weighted by Crippen LogP contribution is -2.49. The summed E-state index contributed by atoms with van der Waals surface area (Å²) in [7, 11) is 1.85. The first-order valence-electron chi connectivity index (χ1n) is 7.80. The molecule has 0 spiro atoms. The normalized spacial score (nSPS) is 25.2. The van der Waals surface area contributed by atoms with E-state index < -0.39 is 0 Å². The minimum atomic E-state index is 0.158. The van der Waals surface area contributed by atoms with Gasteiger partial charge < -0.3 is 10.1 Å². The van der Waals surface area contributed by atoms with Crippen molar-refractivity contribution in [2.24, 2.45) is 11.3 Å². The first-order chi connectivity index (χ1) is 9.49. The predicted molar refractivity (Wildman–Crippen MR) is 85.0 cm³/mol. The van der Waals surface area contributed by atoms with Crippen molar-refractivity contribution in [1.82, 2.24) is 5.32 Å². The molecule has 0 bridgehead atoms. The fourth-order valence-corrected chi connectivity index (χ4v) is 3.45. The highest BCUT2D eigenvalue weighted by atomic mass is 16.5. The maximum absolute atomic E-state index is 5.85. The van der Waals surface area contributed by atoms with Crippen molar-refractivity contribution in [1.29, 1.82) is 0 Å². The van der Waals surface area contributed by atoms with Gasteiger partial charge in [0.15, 0.2) is 0 Å². The van der Waals surface area contributed by atoms with Gasteiger partial charge in [0, 0.05) is 13.2 Å². The molecule has 0 aromatic heterocycles. The van der Waals surface area contributed by atoms with E-state index in [4.69, 9.17) is 4.74 Å². The fourth-order valence-electron chi connectivity index (χ4n) is 3.45. The van der Waals surface area contributed by atoms with Gasteiger partial charge in [-0.15, -0.1) is 0 Å². The summed E-state index contributed by atoms with van der Waals surface area (Å²) in [6.07, 6.45) is 1.53. The van der Waals surface area contributed by atoms with Crippen LogP contribution in [-0.4, -0.2) is 25.8 Å². The number of ether oxygens (including phenoxy) is 1. The summed E-state index contributed by atoms with van der Waals surface area (Å²) in [6, 6.07) is 11.3. The van der Waals surface area contributed by atoms with Crippen LogP contribution in [0.15, 0.2) is 30.3 Å². The second-order valence-electron chi connectivity index (χ2n) is 7.02. The van der Waals surface area contributed by atoms with Crippen LogP contribution in [0.4, 0.5) is 0 Å². The van der Waals surface area contributed by atoms with E-state index in [1.165, 1.54) is 12.0 Å². The van der Waals surface area contributed by atoms with Gasteiger partial charge in [0.2, 0.25) is 0 Å². The quantitative estimate of drug-likeness (QED) is 0.852. The van der Waals surface area contributed by atoms with Gasteiger partial charge in [0.25, 0.3) is 0 Å². The molecule has 112 valence electrons. The molecule has 0 amide bonds. The average Bonchev–Trinajstić information content (AvgIpc) is 3.18. The third-order valence-electron chi connectivity index (χ3n) is 4.40. The van der Waals surface area contributed by atoms with Gasteiger partial charge in [-0.05, 0) is 35.8 Å². The van der Waals surface area contributed by atoms with Gasteiger partial charge in [-0.25, -0.2) is 0 Å². The number of nitrogens with one attached hydrogen (secondary N) is 1. The van der Waals surface area contributed by atoms with E-state index in [-0.39, 0.29) is 11.5 Å². The topological polar surface area (TPSA) is 21.3 Å². The molecule has 20 heavy (non-hydrogen) atoms. The van der Waals surface area contributed by atoms with Crippen molar-refractivity contribution >= 4 is 0 Å². The Hall–Kier alpha value is -0.860. The van der Waals surface area contributed by atoms with Gasteiger partial charge in [-0.1, -0.05) is 58.0 Å². The van der Waals surface area contributed by atoms with Crippen LogP contribution in [-0.2, 0) is 4.74 Å². The molecular formula is C18H29NO. The third kappa shape index (κ3) is 3.42. The van der Waals surface area contributed by atoms with Crippen LogP contribution in [0.3, 0.4) is 0 Å². The Bertz CT molecular complexity index is 409. The predicted octanol–water partition coefficient (Wildman–Crippen LogP) is 3.83. The maximum atomic E-state index is 5.85. The molecule has 0 saturated heterocycles. The Balaban J connectivity index is 2.11. The zero-order valence-corrected chi connectivity index (χ0v) is 13.5. The molecule has 2 nitrogen and oxygen atoms in total. The molecule has 1 aliphatic carbocycles. The Morgan fingerprint density at radius 3 is 2.40 bits per heavy atom. The van der Waals surface area contributed by atoms with Gasteiger partial charge in [-0.2, -0.15) is 0 Å². The van der Waals surface area contributed by atoms with Crippen molar-refractivity contribution < 1.29 is 4.74 Å². The van der Waals surface area contributed by atoms with Crippen LogP contribution < -0.4 is 5.32 Å². The number of likely N-dealkylation sites (N-methyl/N-ethyl adjacent to an activating group) is 1. The largest absolute Gasteiger partial charge is 0.379 e. The fraction of sp³-hybridized carbons (Fsp3) is 0.667. The van der Waals surface area contributed by atoms with Gasteiger partial charge in [-0.3, -0.25) is 0 Å². The maximum Gasteiger partial charge on any atom is 0.0775 e. The number of methoxy groups -OCH3 is 1. The highest BCUT2D eigenvalue weighted by Crippen LogP contribution is 2.51. The van der Waals surface area contributed by atoms with Crippen LogP contribution in [0.1, 0.15) is 45.6 Å². The highest BCUT2D eigenvalue weighted by Gasteiger charge is 2.48. The van der Waals surface area contributed by atoms with E-state index in [1.807, 2.05) is 7.11 Å². The van der Waals surface area contributed by atoms with Crippen molar-refractivity contribution in [2.45, 2.75) is 52.2 Å². The lowest BCUT2D eigenvalue weighted by molar-refractivity contribution is -0.0167. The zero-order chi connectivity index (χ0) is 14.8. The second kappa shape index (κ2) is 6.28. The summed E-state index contributed by atoms with van der Waals surface area (Å²) in [6.45, 7) is 9.99. The molecule has 1 N–H and O–H groups in total. The Morgan fingerprint density at radius 1 is 1.25 bits per heavy atom. The Labute approximate surface area is 123 Å². The zero-order valence-electron chi connectivity index (χ0n) is 13.5. The van der Waals surface area contributed by atoms with Crippen LogP contribution in [0.2, 0.25) is 0 Å². The SMILES string of the molecule is CCNC(C1CC1c1ccccc1)C(OC)C(C)(C)C.